The first-order chi connectivity index (χ1) is 26.2. The number of aromatic nitrogens is 3. The fourth-order valence-electron chi connectivity index (χ4n) is 7.26. The zero-order valence-electron chi connectivity index (χ0n) is 28.6. The van der Waals surface area contributed by atoms with E-state index in [1.54, 1.807) is 0 Å². The summed E-state index contributed by atoms with van der Waals surface area (Å²) in [5, 5.41) is 4.10. The van der Waals surface area contributed by atoms with Crippen LogP contribution in [0.25, 0.3) is 100 Å². The van der Waals surface area contributed by atoms with Crippen molar-refractivity contribution in [1.82, 2.24) is 15.0 Å². The van der Waals surface area contributed by atoms with Crippen LogP contribution in [0.3, 0.4) is 0 Å². The van der Waals surface area contributed by atoms with E-state index < -0.39 is 0 Å². The Labute approximate surface area is 306 Å². The molecule has 0 saturated carbocycles. The third-order valence-electron chi connectivity index (χ3n) is 9.94. The van der Waals surface area contributed by atoms with Crippen LogP contribution in [0.5, 0.6) is 0 Å². The lowest BCUT2D eigenvalue weighted by Crippen LogP contribution is -2.01. The maximum absolute atomic E-state index is 6.58. The van der Waals surface area contributed by atoms with Crippen LogP contribution in [0.15, 0.2) is 192 Å². The van der Waals surface area contributed by atoms with Crippen molar-refractivity contribution in [2.24, 2.45) is 0 Å². The van der Waals surface area contributed by atoms with E-state index in [9.17, 15) is 0 Å². The molecule has 0 bridgehead atoms. The van der Waals surface area contributed by atoms with Gasteiger partial charge in [-0.25, -0.2) is 15.0 Å². The molecule has 8 aromatic carbocycles. The predicted octanol–water partition coefficient (Wildman–Crippen LogP) is 12.9. The molecule has 0 atom stereocenters. The highest BCUT2D eigenvalue weighted by molar-refractivity contribution is 6.19. The summed E-state index contributed by atoms with van der Waals surface area (Å²) in [5.41, 5.74) is 11.3. The molecule has 2 aromatic heterocycles. The molecule has 53 heavy (non-hydrogen) atoms. The number of rotatable bonds is 6. The quantitative estimate of drug-likeness (QED) is 0.176. The molecular weight excluding hydrogens is 647 g/mol. The zero-order chi connectivity index (χ0) is 35.1. The molecule has 0 N–H and O–H groups in total. The fraction of sp³-hybridized carbons (Fsp3) is 0. The van der Waals surface area contributed by atoms with Crippen molar-refractivity contribution in [2.45, 2.75) is 0 Å². The highest BCUT2D eigenvalue weighted by Gasteiger charge is 2.19. The molecule has 0 spiro atoms. The van der Waals surface area contributed by atoms with Gasteiger partial charge in [0.25, 0.3) is 0 Å². The van der Waals surface area contributed by atoms with Gasteiger partial charge in [0.15, 0.2) is 17.5 Å². The molecular formula is C49H31N3O. The first-order valence-corrected chi connectivity index (χ1v) is 17.8. The van der Waals surface area contributed by atoms with Crippen LogP contribution in [-0.4, -0.2) is 15.0 Å². The molecule has 10 rings (SSSR count). The second-order valence-electron chi connectivity index (χ2n) is 13.2. The van der Waals surface area contributed by atoms with Gasteiger partial charge in [0.2, 0.25) is 0 Å². The first kappa shape index (κ1) is 30.6. The van der Waals surface area contributed by atoms with E-state index in [2.05, 4.69) is 170 Å². The van der Waals surface area contributed by atoms with Crippen molar-refractivity contribution in [3.05, 3.63) is 188 Å². The number of hydrogen-bond donors (Lipinski definition) is 0. The second-order valence-corrected chi connectivity index (χ2v) is 13.2. The van der Waals surface area contributed by atoms with Crippen LogP contribution in [0.2, 0.25) is 0 Å². The summed E-state index contributed by atoms with van der Waals surface area (Å²) in [7, 11) is 0. The van der Waals surface area contributed by atoms with Crippen LogP contribution in [0, 0.1) is 0 Å². The lowest BCUT2D eigenvalue weighted by molar-refractivity contribution is 0.673. The highest BCUT2D eigenvalue weighted by atomic mass is 16.3. The van der Waals surface area contributed by atoms with E-state index >= 15 is 0 Å². The summed E-state index contributed by atoms with van der Waals surface area (Å²) in [6, 6.07) is 65.1. The minimum Gasteiger partial charge on any atom is -0.455 e. The molecule has 4 nitrogen and oxygen atoms in total. The Morgan fingerprint density at radius 3 is 1.43 bits per heavy atom. The summed E-state index contributed by atoms with van der Waals surface area (Å²) in [5.74, 6) is 1.83. The molecule has 10 aromatic rings. The molecule has 0 amide bonds. The van der Waals surface area contributed by atoms with Gasteiger partial charge in [0, 0.05) is 32.8 Å². The normalized spacial score (nSPS) is 11.4. The van der Waals surface area contributed by atoms with Gasteiger partial charge in [0.05, 0.1) is 0 Å². The van der Waals surface area contributed by atoms with Crippen molar-refractivity contribution in [1.29, 1.82) is 0 Å². The highest BCUT2D eigenvalue weighted by Crippen LogP contribution is 2.41. The molecule has 0 aliphatic heterocycles. The average molecular weight is 678 g/mol. The van der Waals surface area contributed by atoms with Gasteiger partial charge >= 0.3 is 0 Å². The summed E-state index contributed by atoms with van der Waals surface area (Å²) < 4.78 is 6.58. The largest absolute Gasteiger partial charge is 0.455 e. The van der Waals surface area contributed by atoms with E-state index in [0.29, 0.717) is 17.5 Å². The molecule has 0 unspecified atom stereocenters. The predicted molar refractivity (Wildman–Crippen MR) is 217 cm³/mol. The van der Waals surface area contributed by atoms with Gasteiger partial charge in [-0.2, -0.15) is 0 Å². The van der Waals surface area contributed by atoms with Crippen LogP contribution in [0.1, 0.15) is 0 Å². The Kier molecular flexibility index (Phi) is 7.43. The minimum atomic E-state index is 0.605. The third kappa shape index (κ3) is 5.63. The topological polar surface area (TPSA) is 51.8 Å². The summed E-state index contributed by atoms with van der Waals surface area (Å²) >= 11 is 0. The second kappa shape index (κ2) is 12.9. The van der Waals surface area contributed by atoms with E-state index in [0.717, 1.165) is 82.8 Å². The Morgan fingerprint density at radius 2 is 0.755 bits per heavy atom. The number of benzene rings is 8. The molecule has 4 heteroatoms. The SMILES string of the molecule is c1ccc(-c2ccc(-c3nc(-c4cccc(-c5ccccc5)c4)nc(-c4cc5c6cc(-c7ccccc7)ccc6oc5c5ccccc45)n3)cc2)cc1. The molecule has 0 radical (unpaired) electrons. The summed E-state index contributed by atoms with van der Waals surface area (Å²) in [4.78, 5) is 15.6. The lowest BCUT2D eigenvalue weighted by Gasteiger charge is -2.12. The number of hydrogen-bond acceptors (Lipinski definition) is 4. The van der Waals surface area contributed by atoms with Gasteiger partial charge in [-0.3, -0.25) is 0 Å². The standard InChI is InChI=1S/C49H31N3O/c1-4-13-32(14-5-1)35-23-25-36(26-24-35)47-50-48(39-20-12-19-37(29-39)33-15-6-2-7-16-33)52-49(51-47)44-31-43-42-30-38(34-17-8-3-9-18-34)27-28-45(42)53-46(43)41-22-11-10-21-40(41)44/h1-31H. The van der Waals surface area contributed by atoms with Crippen molar-refractivity contribution in [2.75, 3.05) is 0 Å². The Morgan fingerprint density at radius 1 is 0.283 bits per heavy atom. The Balaban J connectivity index is 1.19. The van der Waals surface area contributed by atoms with Crippen molar-refractivity contribution in [3.8, 4) is 67.5 Å². The van der Waals surface area contributed by atoms with Crippen LogP contribution in [-0.2, 0) is 0 Å². The van der Waals surface area contributed by atoms with E-state index in [4.69, 9.17) is 19.4 Å². The van der Waals surface area contributed by atoms with Crippen LogP contribution >= 0.6 is 0 Å². The molecule has 0 fully saturated rings. The molecule has 248 valence electrons. The average Bonchev–Trinajstić information content (AvgIpc) is 3.62. The smallest absolute Gasteiger partial charge is 0.164 e. The summed E-state index contributed by atoms with van der Waals surface area (Å²) in [6.45, 7) is 0. The monoisotopic (exact) mass is 677 g/mol. The van der Waals surface area contributed by atoms with Crippen molar-refractivity contribution < 1.29 is 4.42 Å². The Hall–Kier alpha value is -7.17. The molecule has 2 heterocycles. The van der Waals surface area contributed by atoms with Gasteiger partial charge in [-0.05, 0) is 63.0 Å². The lowest BCUT2D eigenvalue weighted by atomic mass is 9.98. The van der Waals surface area contributed by atoms with E-state index in [1.807, 2.05) is 18.2 Å². The zero-order valence-corrected chi connectivity index (χ0v) is 28.6. The third-order valence-corrected chi connectivity index (χ3v) is 9.94. The van der Waals surface area contributed by atoms with E-state index in [-0.39, 0.29) is 0 Å². The maximum atomic E-state index is 6.58. The Bertz CT molecular complexity index is 2920. The fourth-order valence-corrected chi connectivity index (χ4v) is 7.26. The van der Waals surface area contributed by atoms with Gasteiger partial charge in [0.1, 0.15) is 11.2 Å². The maximum Gasteiger partial charge on any atom is 0.164 e. The number of furan rings is 1. The van der Waals surface area contributed by atoms with Crippen molar-refractivity contribution >= 4 is 32.7 Å². The van der Waals surface area contributed by atoms with Gasteiger partial charge in [-0.15, -0.1) is 0 Å². The molecule has 0 aliphatic rings. The van der Waals surface area contributed by atoms with E-state index in [1.165, 1.54) is 0 Å². The number of fused-ring (bicyclic) bond motifs is 5. The summed E-state index contributed by atoms with van der Waals surface area (Å²) in [6.07, 6.45) is 0. The van der Waals surface area contributed by atoms with Crippen molar-refractivity contribution in [3.63, 3.8) is 0 Å². The first-order valence-electron chi connectivity index (χ1n) is 17.8. The molecule has 0 aliphatic carbocycles. The molecule has 0 saturated heterocycles. The minimum absolute atomic E-state index is 0.605. The van der Waals surface area contributed by atoms with Crippen LogP contribution < -0.4 is 0 Å². The van der Waals surface area contributed by atoms with Gasteiger partial charge < -0.3 is 4.42 Å². The number of nitrogens with zero attached hydrogens (tertiary/aromatic N) is 3. The van der Waals surface area contributed by atoms with Gasteiger partial charge in [-0.1, -0.05) is 164 Å². The van der Waals surface area contributed by atoms with Crippen LogP contribution in [0.4, 0.5) is 0 Å².